The molecule has 2 N–H and O–H groups in total. The number of hydrogen-bond donors (Lipinski definition) is 2. The van der Waals surface area contributed by atoms with Gasteiger partial charge in [0.15, 0.2) is 0 Å². The molecule has 2 aliphatic rings. The molecular formula is C11H20N2O4S. The number of fused-ring (bicyclic) bond motifs is 1. The third-order valence-corrected chi connectivity index (χ3v) is 5.75. The average Bonchev–Trinajstić information content (AvgIpc) is 2.75. The van der Waals surface area contributed by atoms with Gasteiger partial charge < -0.3 is 10.4 Å². The van der Waals surface area contributed by atoms with E-state index in [0.29, 0.717) is 12.5 Å². The highest BCUT2D eigenvalue weighted by atomic mass is 32.2. The Kier molecular flexibility index (Phi) is 4.24. The molecule has 2 rings (SSSR count). The molecule has 0 aromatic rings. The number of carboxylic acid groups (broad SMARTS) is 1. The lowest BCUT2D eigenvalue weighted by atomic mass is 9.94. The lowest BCUT2D eigenvalue weighted by Crippen LogP contribution is -2.49. The Morgan fingerprint density at radius 2 is 2.17 bits per heavy atom. The second-order valence-electron chi connectivity index (χ2n) is 5.05. The first-order valence-corrected chi connectivity index (χ1v) is 8.03. The summed E-state index contributed by atoms with van der Waals surface area (Å²) in [6, 6.07) is 0.0774. The molecule has 2 saturated heterocycles. The number of nitrogens with one attached hydrogen (secondary N) is 1. The molecule has 0 radical (unpaired) electrons. The summed E-state index contributed by atoms with van der Waals surface area (Å²) in [5.41, 5.74) is 0. The highest BCUT2D eigenvalue weighted by Crippen LogP contribution is 2.28. The third-order valence-electron chi connectivity index (χ3n) is 3.78. The van der Waals surface area contributed by atoms with Gasteiger partial charge in [-0.2, -0.15) is 4.31 Å². The van der Waals surface area contributed by atoms with E-state index in [2.05, 4.69) is 5.32 Å². The van der Waals surface area contributed by atoms with Crippen molar-refractivity contribution in [2.45, 2.75) is 31.7 Å². The Hall–Kier alpha value is -0.660. The molecule has 2 aliphatic heterocycles. The molecule has 0 bridgehead atoms. The van der Waals surface area contributed by atoms with Crippen LogP contribution in [0.2, 0.25) is 0 Å². The maximum Gasteiger partial charge on any atom is 0.303 e. The Balaban J connectivity index is 1.97. The summed E-state index contributed by atoms with van der Waals surface area (Å²) in [7, 11) is -3.30. The molecule has 0 amide bonds. The lowest BCUT2D eigenvalue weighted by Gasteiger charge is -2.35. The minimum atomic E-state index is -3.30. The van der Waals surface area contributed by atoms with E-state index in [1.54, 1.807) is 4.31 Å². The van der Waals surface area contributed by atoms with E-state index in [0.717, 1.165) is 25.9 Å². The lowest BCUT2D eigenvalue weighted by molar-refractivity contribution is -0.137. The van der Waals surface area contributed by atoms with Crippen LogP contribution >= 0.6 is 0 Å². The van der Waals surface area contributed by atoms with Crippen LogP contribution in [-0.2, 0) is 14.8 Å². The smallest absolute Gasteiger partial charge is 0.303 e. The number of piperidine rings is 1. The van der Waals surface area contributed by atoms with Gasteiger partial charge in [-0.15, -0.1) is 0 Å². The van der Waals surface area contributed by atoms with Crippen molar-refractivity contribution in [3.8, 4) is 0 Å². The van der Waals surface area contributed by atoms with Gasteiger partial charge in [-0.3, -0.25) is 4.79 Å². The Morgan fingerprint density at radius 3 is 2.89 bits per heavy atom. The zero-order valence-electron chi connectivity index (χ0n) is 10.3. The minimum Gasteiger partial charge on any atom is -0.481 e. The van der Waals surface area contributed by atoms with Gasteiger partial charge in [-0.1, -0.05) is 0 Å². The normalized spacial score (nSPS) is 29.1. The fourth-order valence-corrected chi connectivity index (χ4v) is 4.70. The molecule has 2 heterocycles. The molecule has 0 spiro atoms. The van der Waals surface area contributed by atoms with E-state index in [1.165, 1.54) is 0 Å². The van der Waals surface area contributed by atoms with Crippen LogP contribution in [0.1, 0.15) is 25.7 Å². The van der Waals surface area contributed by atoms with Crippen LogP contribution in [0.3, 0.4) is 0 Å². The maximum atomic E-state index is 12.2. The number of hydrogen-bond acceptors (Lipinski definition) is 4. The van der Waals surface area contributed by atoms with Crippen LogP contribution in [0, 0.1) is 5.92 Å². The summed E-state index contributed by atoms with van der Waals surface area (Å²) >= 11 is 0. The molecular weight excluding hydrogens is 256 g/mol. The summed E-state index contributed by atoms with van der Waals surface area (Å²) < 4.78 is 26.0. The van der Waals surface area contributed by atoms with Gasteiger partial charge >= 0.3 is 5.97 Å². The summed E-state index contributed by atoms with van der Waals surface area (Å²) in [5.74, 6) is -0.569. The summed E-state index contributed by atoms with van der Waals surface area (Å²) in [5, 5.41) is 11.8. The molecule has 0 saturated carbocycles. The van der Waals surface area contributed by atoms with Crippen molar-refractivity contribution in [3.05, 3.63) is 0 Å². The van der Waals surface area contributed by atoms with Gasteiger partial charge in [0, 0.05) is 25.6 Å². The third kappa shape index (κ3) is 3.02. The van der Waals surface area contributed by atoms with Crippen molar-refractivity contribution in [3.63, 3.8) is 0 Å². The van der Waals surface area contributed by atoms with E-state index in [4.69, 9.17) is 5.11 Å². The van der Waals surface area contributed by atoms with E-state index < -0.39 is 16.0 Å². The zero-order valence-corrected chi connectivity index (χ0v) is 11.2. The van der Waals surface area contributed by atoms with E-state index in [1.807, 2.05) is 0 Å². The van der Waals surface area contributed by atoms with Crippen molar-refractivity contribution < 1.29 is 18.3 Å². The van der Waals surface area contributed by atoms with Gasteiger partial charge in [0.2, 0.25) is 10.0 Å². The van der Waals surface area contributed by atoms with Crippen molar-refractivity contribution in [1.82, 2.24) is 9.62 Å². The molecule has 104 valence electrons. The predicted octanol–water partition coefficient (Wildman–Crippen LogP) is -0.135. The summed E-state index contributed by atoms with van der Waals surface area (Å²) in [4.78, 5) is 10.4. The quantitative estimate of drug-likeness (QED) is 0.730. The highest BCUT2D eigenvalue weighted by molar-refractivity contribution is 7.89. The first-order chi connectivity index (χ1) is 8.50. The highest BCUT2D eigenvalue weighted by Gasteiger charge is 2.40. The SMILES string of the molecule is O=C(O)CCCS(=O)(=O)N1CCCC2CNCC21. The van der Waals surface area contributed by atoms with E-state index in [-0.39, 0.29) is 24.6 Å². The average molecular weight is 276 g/mol. The largest absolute Gasteiger partial charge is 0.481 e. The van der Waals surface area contributed by atoms with Crippen LogP contribution in [0.4, 0.5) is 0 Å². The molecule has 2 atom stereocenters. The molecule has 7 heteroatoms. The second-order valence-corrected chi connectivity index (χ2v) is 7.09. The fourth-order valence-electron chi connectivity index (χ4n) is 2.89. The number of rotatable bonds is 5. The number of carbonyl (C=O) groups is 1. The Bertz CT molecular complexity index is 409. The van der Waals surface area contributed by atoms with Crippen LogP contribution in [0.15, 0.2) is 0 Å². The van der Waals surface area contributed by atoms with Gasteiger partial charge in [0.25, 0.3) is 0 Å². The summed E-state index contributed by atoms with van der Waals surface area (Å²) in [6.45, 7) is 2.20. The van der Waals surface area contributed by atoms with Crippen molar-refractivity contribution in [2.24, 2.45) is 5.92 Å². The Morgan fingerprint density at radius 1 is 1.39 bits per heavy atom. The number of sulfonamides is 1. The molecule has 0 aromatic carbocycles. The van der Waals surface area contributed by atoms with Crippen molar-refractivity contribution in [2.75, 3.05) is 25.4 Å². The van der Waals surface area contributed by atoms with Crippen molar-refractivity contribution >= 4 is 16.0 Å². The fraction of sp³-hybridized carbons (Fsp3) is 0.909. The number of carboxylic acids is 1. The van der Waals surface area contributed by atoms with Crippen LogP contribution in [0.25, 0.3) is 0 Å². The van der Waals surface area contributed by atoms with Crippen LogP contribution in [0.5, 0.6) is 0 Å². The number of aliphatic carboxylic acids is 1. The van der Waals surface area contributed by atoms with Gasteiger partial charge in [0.05, 0.1) is 5.75 Å². The van der Waals surface area contributed by atoms with Gasteiger partial charge in [-0.25, -0.2) is 8.42 Å². The molecule has 0 aromatic heterocycles. The molecule has 0 aliphatic carbocycles. The van der Waals surface area contributed by atoms with E-state index >= 15 is 0 Å². The molecule has 2 fully saturated rings. The van der Waals surface area contributed by atoms with Crippen LogP contribution < -0.4 is 5.32 Å². The van der Waals surface area contributed by atoms with Crippen molar-refractivity contribution in [1.29, 1.82) is 0 Å². The van der Waals surface area contributed by atoms with Crippen LogP contribution in [-0.4, -0.2) is 55.2 Å². The van der Waals surface area contributed by atoms with Gasteiger partial charge in [-0.05, 0) is 31.7 Å². The Labute approximate surface area is 107 Å². The number of nitrogens with zero attached hydrogens (tertiary/aromatic N) is 1. The molecule has 18 heavy (non-hydrogen) atoms. The van der Waals surface area contributed by atoms with E-state index in [9.17, 15) is 13.2 Å². The predicted molar refractivity (Wildman–Crippen MR) is 66.7 cm³/mol. The minimum absolute atomic E-state index is 0.0531. The second kappa shape index (κ2) is 5.54. The van der Waals surface area contributed by atoms with Gasteiger partial charge in [0.1, 0.15) is 0 Å². The maximum absolute atomic E-state index is 12.2. The molecule has 2 unspecified atom stereocenters. The zero-order chi connectivity index (χ0) is 13.2. The first kappa shape index (κ1) is 13.8. The first-order valence-electron chi connectivity index (χ1n) is 6.43. The monoisotopic (exact) mass is 276 g/mol. The standard InChI is InChI=1S/C11H20N2O4S/c14-11(15)4-2-6-18(16,17)13-5-1-3-9-7-12-8-10(9)13/h9-10,12H,1-8H2,(H,14,15). The summed E-state index contributed by atoms with van der Waals surface area (Å²) in [6.07, 6.45) is 2.10. The topological polar surface area (TPSA) is 86.7 Å². The molecule has 6 nitrogen and oxygen atoms in total.